The van der Waals surface area contributed by atoms with Gasteiger partial charge in [0, 0.05) is 25.2 Å². The van der Waals surface area contributed by atoms with Crippen molar-refractivity contribution in [1.82, 2.24) is 4.90 Å². The molecule has 0 aliphatic carbocycles. The van der Waals surface area contributed by atoms with E-state index in [-0.39, 0.29) is 0 Å². The fourth-order valence-corrected chi connectivity index (χ4v) is 2.78. The maximum atomic E-state index is 5.86. The van der Waals surface area contributed by atoms with Crippen molar-refractivity contribution in [3.05, 3.63) is 22.2 Å². The molecule has 0 aromatic heterocycles. The molecule has 0 amide bonds. The molecule has 0 atom stereocenters. The minimum absolute atomic E-state index is 0.328. The van der Waals surface area contributed by atoms with Crippen LogP contribution in [0.4, 0.5) is 0 Å². The topological polar surface area (TPSA) is 57.0 Å². The fourth-order valence-electron chi connectivity index (χ4n) is 2.10. The molecule has 116 valence electrons. The van der Waals surface area contributed by atoms with Gasteiger partial charge in [0.25, 0.3) is 0 Å². The lowest BCUT2D eigenvalue weighted by Gasteiger charge is -2.26. The van der Waals surface area contributed by atoms with Crippen LogP contribution in [0.5, 0.6) is 11.5 Å². The van der Waals surface area contributed by atoms with Crippen LogP contribution in [0.3, 0.4) is 0 Å². The summed E-state index contributed by atoms with van der Waals surface area (Å²) in [4.78, 5) is 2.64. The Kier molecular flexibility index (Phi) is 6.22. The molecule has 0 saturated carbocycles. The molecule has 1 aromatic carbocycles. The maximum absolute atomic E-state index is 5.86. The van der Waals surface area contributed by atoms with E-state index in [2.05, 4.69) is 20.8 Å². The van der Waals surface area contributed by atoms with Crippen molar-refractivity contribution in [2.24, 2.45) is 5.73 Å². The van der Waals surface area contributed by atoms with Crippen LogP contribution in [0, 0.1) is 0 Å². The zero-order valence-corrected chi connectivity index (χ0v) is 14.3. The summed E-state index contributed by atoms with van der Waals surface area (Å²) in [7, 11) is 1.60. The van der Waals surface area contributed by atoms with E-state index >= 15 is 0 Å². The van der Waals surface area contributed by atoms with Gasteiger partial charge in [0.05, 0.1) is 24.8 Å². The number of hydrogen-bond acceptors (Lipinski definition) is 5. The van der Waals surface area contributed by atoms with E-state index < -0.39 is 0 Å². The Bertz CT molecular complexity index is 507. The van der Waals surface area contributed by atoms with Crippen LogP contribution < -0.4 is 15.2 Å². The first kappa shape index (κ1) is 16.5. The summed E-state index contributed by atoms with van der Waals surface area (Å²) in [6, 6.07) is 3.63. The van der Waals surface area contributed by atoms with E-state index in [1.807, 2.05) is 6.07 Å². The molecule has 1 saturated heterocycles. The summed E-state index contributed by atoms with van der Waals surface area (Å²) in [5.74, 6) is 1.29. The summed E-state index contributed by atoms with van der Waals surface area (Å²) in [5.41, 5.74) is 6.39. The van der Waals surface area contributed by atoms with Crippen LogP contribution >= 0.6 is 28.1 Å². The molecular weight excluding hydrogens is 356 g/mol. The molecule has 2 N–H and O–H groups in total. The molecule has 0 spiro atoms. The highest BCUT2D eigenvalue weighted by Gasteiger charge is 2.14. The van der Waals surface area contributed by atoms with Gasteiger partial charge in [-0.1, -0.05) is 12.2 Å². The van der Waals surface area contributed by atoms with Gasteiger partial charge in [-0.15, -0.1) is 0 Å². The first-order valence-electron chi connectivity index (χ1n) is 6.72. The number of nitrogens with zero attached hydrogens (tertiary/aromatic N) is 1. The predicted molar refractivity (Wildman–Crippen MR) is 89.3 cm³/mol. The van der Waals surface area contributed by atoms with Crippen molar-refractivity contribution >= 4 is 33.1 Å². The Morgan fingerprint density at radius 2 is 2.14 bits per heavy atom. The van der Waals surface area contributed by atoms with Crippen LogP contribution in [0.25, 0.3) is 0 Å². The van der Waals surface area contributed by atoms with Crippen LogP contribution in [-0.4, -0.2) is 56.5 Å². The van der Waals surface area contributed by atoms with Crippen molar-refractivity contribution in [1.29, 1.82) is 0 Å². The summed E-state index contributed by atoms with van der Waals surface area (Å²) >= 11 is 8.47. The molecule has 1 fully saturated rings. The summed E-state index contributed by atoms with van der Waals surface area (Å²) in [5, 5.41) is 0. The number of methoxy groups -OCH3 is 1. The highest BCUT2D eigenvalue weighted by atomic mass is 79.9. The molecule has 7 heteroatoms. The first-order valence-corrected chi connectivity index (χ1v) is 7.92. The van der Waals surface area contributed by atoms with Crippen molar-refractivity contribution in [2.45, 2.75) is 0 Å². The second kappa shape index (κ2) is 7.93. The smallest absolute Gasteiger partial charge is 0.175 e. The first-order chi connectivity index (χ1) is 10.1. The number of benzene rings is 1. The van der Waals surface area contributed by atoms with Crippen LogP contribution in [0.15, 0.2) is 16.6 Å². The van der Waals surface area contributed by atoms with Gasteiger partial charge < -0.3 is 19.9 Å². The zero-order valence-electron chi connectivity index (χ0n) is 11.9. The molecule has 0 bridgehead atoms. The molecule has 1 aliphatic rings. The minimum atomic E-state index is 0.328. The number of hydrogen-bond donors (Lipinski definition) is 1. The second-order valence-electron chi connectivity index (χ2n) is 4.66. The summed E-state index contributed by atoms with van der Waals surface area (Å²) in [6.45, 7) is 4.91. The van der Waals surface area contributed by atoms with Gasteiger partial charge in [0.2, 0.25) is 0 Å². The Hall–Kier alpha value is -0.890. The van der Waals surface area contributed by atoms with Crippen molar-refractivity contribution in [3.8, 4) is 11.5 Å². The Labute approximate surface area is 138 Å². The number of rotatable bonds is 6. The Morgan fingerprint density at radius 1 is 1.43 bits per heavy atom. The molecule has 1 aromatic rings. The van der Waals surface area contributed by atoms with Gasteiger partial charge >= 0.3 is 0 Å². The Morgan fingerprint density at radius 3 is 2.76 bits per heavy atom. The van der Waals surface area contributed by atoms with Crippen LogP contribution in [0.1, 0.15) is 5.56 Å². The number of nitrogens with two attached hydrogens (primary N) is 1. The van der Waals surface area contributed by atoms with Gasteiger partial charge in [0.1, 0.15) is 11.6 Å². The van der Waals surface area contributed by atoms with Crippen LogP contribution in [0.2, 0.25) is 0 Å². The SMILES string of the molecule is COc1cc(C(N)=S)cc(Br)c1OCCN1CCOCC1. The molecule has 5 nitrogen and oxygen atoms in total. The predicted octanol–water partition coefficient (Wildman–Crippen LogP) is 1.80. The molecule has 0 unspecified atom stereocenters. The average Bonchev–Trinajstić information content (AvgIpc) is 2.49. The van der Waals surface area contributed by atoms with Gasteiger partial charge in [-0.3, -0.25) is 4.90 Å². The Balaban J connectivity index is 1.99. The molecule has 1 heterocycles. The third-order valence-corrected chi connectivity index (χ3v) is 4.10. The lowest BCUT2D eigenvalue weighted by atomic mass is 10.2. The highest BCUT2D eigenvalue weighted by molar-refractivity contribution is 9.10. The van der Waals surface area contributed by atoms with E-state index in [4.69, 9.17) is 32.2 Å². The summed E-state index contributed by atoms with van der Waals surface area (Å²) < 4.78 is 17.3. The van der Waals surface area contributed by atoms with Crippen molar-refractivity contribution < 1.29 is 14.2 Å². The third kappa shape index (κ3) is 4.54. The number of halogens is 1. The average molecular weight is 375 g/mol. The standard InChI is InChI=1S/C14H19BrN2O3S/c1-18-12-9-10(14(16)21)8-11(15)13(12)20-7-4-17-2-5-19-6-3-17/h8-9H,2-7H2,1H3,(H2,16,21). The molecular formula is C14H19BrN2O3S. The molecule has 0 radical (unpaired) electrons. The fraction of sp³-hybridized carbons (Fsp3) is 0.500. The normalized spacial score (nSPS) is 15.7. The third-order valence-electron chi connectivity index (χ3n) is 3.27. The highest BCUT2D eigenvalue weighted by Crippen LogP contribution is 2.36. The lowest BCUT2D eigenvalue weighted by Crippen LogP contribution is -2.38. The summed E-state index contributed by atoms with van der Waals surface area (Å²) in [6.07, 6.45) is 0. The van der Waals surface area contributed by atoms with Gasteiger partial charge in [-0.25, -0.2) is 0 Å². The van der Waals surface area contributed by atoms with Gasteiger partial charge in [0.15, 0.2) is 11.5 Å². The molecule has 21 heavy (non-hydrogen) atoms. The number of morpholine rings is 1. The quantitative estimate of drug-likeness (QED) is 0.766. The number of ether oxygens (including phenoxy) is 3. The zero-order chi connectivity index (χ0) is 15.2. The molecule has 2 rings (SSSR count). The lowest BCUT2D eigenvalue weighted by molar-refractivity contribution is 0.0320. The maximum Gasteiger partial charge on any atom is 0.175 e. The van der Waals surface area contributed by atoms with E-state index in [9.17, 15) is 0 Å². The van der Waals surface area contributed by atoms with Crippen molar-refractivity contribution in [2.75, 3.05) is 46.6 Å². The van der Waals surface area contributed by atoms with E-state index in [1.54, 1.807) is 13.2 Å². The van der Waals surface area contributed by atoms with Crippen LogP contribution in [-0.2, 0) is 4.74 Å². The van der Waals surface area contributed by atoms with E-state index in [1.165, 1.54) is 0 Å². The monoisotopic (exact) mass is 374 g/mol. The number of thiocarbonyl (C=S) groups is 1. The largest absolute Gasteiger partial charge is 0.493 e. The van der Waals surface area contributed by atoms with E-state index in [0.717, 1.165) is 42.9 Å². The second-order valence-corrected chi connectivity index (χ2v) is 5.95. The van der Waals surface area contributed by atoms with E-state index in [0.29, 0.717) is 23.1 Å². The van der Waals surface area contributed by atoms with Gasteiger partial charge in [-0.05, 0) is 28.1 Å². The van der Waals surface area contributed by atoms with Gasteiger partial charge in [-0.2, -0.15) is 0 Å². The minimum Gasteiger partial charge on any atom is -0.493 e. The van der Waals surface area contributed by atoms with Crippen molar-refractivity contribution in [3.63, 3.8) is 0 Å². The molecule has 1 aliphatic heterocycles.